The van der Waals surface area contributed by atoms with E-state index in [2.05, 4.69) is 29.5 Å². The molecule has 4 unspecified atom stereocenters. The van der Waals surface area contributed by atoms with Crippen LogP contribution in [-0.4, -0.2) is 17.6 Å². The second-order valence-corrected chi connectivity index (χ2v) is 7.52. The Hall–Kier alpha value is -0.410. The van der Waals surface area contributed by atoms with E-state index in [-0.39, 0.29) is 0 Å². The fourth-order valence-corrected chi connectivity index (χ4v) is 4.84. The summed E-state index contributed by atoms with van der Waals surface area (Å²) < 4.78 is 0. The number of aromatic nitrogens is 1. The van der Waals surface area contributed by atoms with Gasteiger partial charge in [0.25, 0.3) is 0 Å². The van der Waals surface area contributed by atoms with Crippen molar-refractivity contribution >= 4 is 11.3 Å². The lowest BCUT2D eigenvalue weighted by molar-refractivity contribution is 0.246. The third-order valence-corrected chi connectivity index (χ3v) is 5.88. The molecule has 19 heavy (non-hydrogen) atoms. The van der Waals surface area contributed by atoms with Crippen LogP contribution in [0.2, 0.25) is 0 Å². The molecule has 2 bridgehead atoms. The Morgan fingerprint density at radius 2 is 2.32 bits per heavy atom. The van der Waals surface area contributed by atoms with Gasteiger partial charge in [-0.25, -0.2) is 4.98 Å². The summed E-state index contributed by atoms with van der Waals surface area (Å²) in [7, 11) is 0. The van der Waals surface area contributed by atoms with Crippen LogP contribution in [0.1, 0.15) is 49.7 Å². The van der Waals surface area contributed by atoms with Crippen molar-refractivity contribution in [2.45, 2.75) is 58.4 Å². The van der Waals surface area contributed by atoms with E-state index in [1.165, 1.54) is 42.8 Å². The maximum absolute atomic E-state index is 4.67. The summed E-state index contributed by atoms with van der Waals surface area (Å²) in [5.74, 6) is 2.95. The highest BCUT2D eigenvalue weighted by Gasteiger charge is 2.42. The van der Waals surface area contributed by atoms with Gasteiger partial charge < -0.3 is 5.32 Å². The lowest BCUT2D eigenvalue weighted by Gasteiger charge is -2.31. The average Bonchev–Trinajstić information content (AvgIpc) is 3.10. The van der Waals surface area contributed by atoms with Crippen molar-refractivity contribution in [1.29, 1.82) is 0 Å². The number of hydrogen-bond acceptors (Lipinski definition) is 3. The third kappa shape index (κ3) is 3.03. The number of hydrogen-bond donors (Lipinski definition) is 1. The van der Waals surface area contributed by atoms with Gasteiger partial charge in [-0.3, -0.25) is 0 Å². The van der Waals surface area contributed by atoms with Crippen molar-refractivity contribution in [2.75, 3.05) is 6.54 Å². The number of fused-ring (bicyclic) bond motifs is 2. The van der Waals surface area contributed by atoms with Crippen molar-refractivity contribution in [3.8, 4) is 0 Å². The Labute approximate surface area is 121 Å². The Kier molecular flexibility index (Phi) is 4.23. The van der Waals surface area contributed by atoms with Crippen LogP contribution in [0.15, 0.2) is 5.38 Å². The van der Waals surface area contributed by atoms with Crippen molar-refractivity contribution in [2.24, 2.45) is 17.8 Å². The van der Waals surface area contributed by atoms with Gasteiger partial charge in [-0.2, -0.15) is 0 Å². The van der Waals surface area contributed by atoms with E-state index in [0.29, 0.717) is 6.04 Å². The van der Waals surface area contributed by atoms with E-state index in [4.69, 9.17) is 0 Å². The fraction of sp³-hybridized carbons (Fsp3) is 0.812. The molecule has 0 spiro atoms. The Morgan fingerprint density at radius 3 is 2.89 bits per heavy atom. The van der Waals surface area contributed by atoms with Gasteiger partial charge in [-0.15, -0.1) is 11.3 Å². The molecule has 1 N–H and O–H groups in total. The van der Waals surface area contributed by atoms with Crippen LogP contribution in [0.5, 0.6) is 0 Å². The lowest BCUT2D eigenvalue weighted by atomic mass is 9.81. The van der Waals surface area contributed by atoms with E-state index < -0.39 is 0 Å². The van der Waals surface area contributed by atoms with Gasteiger partial charge in [0.05, 0.1) is 10.7 Å². The SMILES string of the molecule is CCCNC(Cc1csc(C)n1)C1CC2CCC1C2. The predicted molar refractivity (Wildman–Crippen MR) is 81.6 cm³/mol. The molecule has 1 heterocycles. The lowest BCUT2D eigenvalue weighted by Crippen LogP contribution is -2.41. The highest BCUT2D eigenvalue weighted by atomic mass is 32.1. The zero-order chi connectivity index (χ0) is 13.2. The van der Waals surface area contributed by atoms with Gasteiger partial charge in [0.2, 0.25) is 0 Å². The van der Waals surface area contributed by atoms with Crippen LogP contribution < -0.4 is 5.32 Å². The zero-order valence-corrected chi connectivity index (χ0v) is 13.0. The summed E-state index contributed by atoms with van der Waals surface area (Å²) in [5, 5.41) is 7.28. The summed E-state index contributed by atoms with van der Waals surface area (Å²) >= 11 is 1.79. The van der Waals surface area contributed by atoms with Gasteiger partial charge in [-0.05, 0) is 56.9 Å². The molecular formula is C16H26N2S. The molecule has 1 aromatic rings. The molecule has 0 radical (unpaired) electrons. The van der Waals surface area contributed by atoms with Gasteiger partial charge in [0, 0.05) is 17.8 Å². The summed E-state index contributed by atoms with van der Waals surface area (Å²) in [5.41, 5.74) is 1.30. The highest BCUT2D eigenvalue weighted by Crippen LogP contribution is 2.49. The molecule has 2 saturated carbocycles. The van der Waals surface area contributed by atoms with Crippen LogP contribution in [0.3, 0.4) is 0 Å². The normalized spacial score (nSPS) is 30.9. The van der Waals surface area contributed by atoms with Gasteiger partial charge in [0.15, 0.2) is 0 Å². The van der Waals surface area contributed by atoms with Crippen molar-refractivity contribution in [3.05, 3.63) is 16.1 Å². The molecule has 3 rings (SSSR count). The molecule has 2 aliphatic carbocycles. The number of thiazole rings is 1. The van der Waals surface area contributed by atoms with Crippen LogP contribution >= 0.6 is 11.3 Å². The minimum Gasteiger partial charge on any atom is -0.313 e. The minimum absolute atomic E-state index is 0.664. The first kappa shape index (κ1) is 13.6. The standard InChI is InChI=1S/C16H26N2S/c1-3-6-17-16(9-14-10-19-11(2)18-14)15-8-12-4-5-13(15)7-12/h10,12-13,15-17H,3-9H2,1-2H3. The summed E-state index contributed by atoms with van der Waals surface area (Å²) in [4.78, 5) is 4.67. The topological polar surface area (TPSA) is 24.9 Å². The van der Waals surface area contributed by atoms with E-state index in [1.54, 1.807) is 11.3 Å². The second kappa shape index (κ2) is 5.92. The van der Waals surface area contributed by atoms with Crippen LogP contribution in [0.25, 0.3) is 0 Å². The maximum Gasteiger partial charge on any atom is 0.0897 e. The number of nitrogens with zero attached hydrogens (tertiary/aromatic N) is 1. The highest BCUT2D eigenvalue weighted by molar-refractivity contribution is 7.09. The third-order valence-electron chi connectivity index (χ3n) is 5.06. The molecule has 0 saturated heterocycles. The van der Waals surface area contributed by atoms with Gasteiger partial charge >= 0.3 is 0 Å². The zero-order valence-electron chi connectivity index (χ0n) is 12.2. The van der Waals surface area contributed by atoms with E-state index >= 15 is 0 Å². The van der Waals surface area contributed by atoms with Crippen LogP contribution in [0.4, 0.5) is 0 Å². The van der Waals surface area contributed by atoms with E-state index in [0.717, 1.165) is 30.7 Å². The molecule has 0 aliphatic heterocycles. The fourth-order valence-electron chi connectivity index (χ4n) is 4.22. The van der Waals surface area contributed by atoms with Crippen molar-refractivity contribution in [3.63, 3.8) is 0 Å². The van der Waals surface area contributed by atoms with Crippen molar-refractivity contribution in [1.82, 2.24) is 10.3 Å². The van der Waals surface area contributed by atoms with Crippen molar-refractivity contribution < 1.29 is 0 Å². The molecule has 106 valence electrons. The molecule has 2 fully saturated rings. The van der Waals surface area contributed by atoms with E-state index in [1.807, 2.05) is 0 Å². The molecule has 2 aliphatic rings. The molecule has 1 aromatic heterocycles. The quantitative estimate of drug-likeness (QED) is 0.856. The predicted octanol–water partition coefficient (Wildman–Crippen LogP) is 3.80. The smallest absolute Gasteiger partial charge is 0.0897 e. The monoisotopic (exact) mass is 278 g/mol. The van der Waals surface area contributed by atoms with E-state index in [9.17, 15) is 0 Å². The summed E-state index contributed by atoms with van der Waals surface area (Å²) in [6.07, 6.45) is 8.32. The molecule has 0 amide bonds. The molecule has 3 heteroatoms. The number of rotatable bonds is 6. The molecule has 2 nitrogen and oxygen atoms in total. The summed E-state index contributed by atoms with van der Waals surface area (Å²) in [6, 6.07) is 0.664. The average molecular weight is 278 g/mol. The van der Waals surface area contributed by atoms with Crippen LogP contribution in [-0.2, 0) is 6.42 Å². The summed E-state index contributed by atoms with van der Waals surface area (Å²) in [6.45, 7) is 5.53. The maximum atomic E-state index is 4.67. The molecular weight excluding hydrogens is 252 g/mol. The first-order valence-electron chi connectivity index (χ1n) is 7.90. The number of nitrogens with one attached hydrogen (secondary N) is 1. The first-order valence-corrected chi connectivity index (χ1v) is 8.78. The second-order valence-electron chi connectivity index (χ2n) is 6.46. The van der Waals surface area contributed by atoms with Gasteiger partial charge in [-0.1, -0.05) is 13.3 Å². The van der Waals surface area contributed by atoms with Crippen LogP contribution in [0, 0.1) is 24.7 Å². The largest absolute Gasteiger partial charge is 0.313 e. The van der Waals surface area contributed by atoms with Gasteiger partial charge in [0.1, 0.15) is 0 Å². The molecule has 4 atom stereocenters. The molecule has 0 aromatic carbocycles. The first-order chi connectivity index (χ1) is 9.26. The Balaban J connectivity index is 1.66. The minimum atomic E-state index is 0.664. The number of aryl methyl sites for hydroxylation is 1. The Bertz CT molecular complexity index is 415. The Morgan fingerprint density at radius 1 is 1.42 bits per heavy atom.